The zero-order valence-electron chi connectivity index (χ0n) is 20.5. The lowest BCUT2D eigenvalue weighted by Crippen LogP contribution is -2.39. The Bertz CT molecular complexity index is 1490. The van der Waals surface area contributed by atoms with E-state index in [1.165, 1.54) is 0 Å². The molecule has 0 bridgehead atoms. The number of hydrogen-bond acceptors (Lipinski definition) is 3. The zero-order valence-corrected chi connectivity index (χ0v) is 21.3. The number of aromatic nitrogens is 2. The van der Waals surface area contributed by atoms with E-state index in [1.54, 1.807) is 13.1 Å². The molecule has 0 aliphatic carbocycles. The van der Waals surface area contributed by atoms with Crippen LogP contribution in [0.3, 0.4) is 0 Å². The molecule has 0 saturated heterocycles. The Hall–Kier alpha value is -3.73. The van der Waals surface area contributed by atoms with Gasteiger partial charge < -0.3 is 10.3 Å². The van der Waals surface area contributed by atoms with Crippen LogP contribution in [0.15, 0.2) is 71.9 Å². The largest absolute Gasteiger partial charge is 0.346 e. The summed E-state index contributed by atoms with van der Waals surface area (Å²) in [4.78, 5) is 20.4. The van der Waals surface area contributed by atoms with Crippen LogP contribution in [0.2, 0.25) is 0 Å². The van der Waals surface area contributed by atoms with Crippen LogP contribution >= 0.6 is 0 Å². The van der Waals surface area contributed by atoms with E-state index in [4.69, 9.17) is 0 Å². The SMILES string of the molecule is CC#CC(=O)Nc1cccc(-c2cnc3[nH]cc(-c4cccc(S(=O)N(C)C(C)(C)C)c4)c3c2)c1. The molecule has 0 fully saturated rings. The Kier molecular flexibility index (Phi) is 6.88. The van der Waals surface area contributed by atoms with Crippen molar-refractivity contribution in [2.75, 3.05) is 12.4 Å². The van der Waals surface area contributed by atoms with Crippen LogP contribution in [0.1, 0.15) is 27.7 Å². The summed E-state index contributed by atoms with van der Waals surface area (Å²) < 4.78 is 15.0. The second-order valence-electron chi connectivity index (χ2n) is 9.18. The van der Waals surface area contributed by atoms with E-state index in [0.29, 0.717) is 5.69 Å². The fourth-order valence-corrected chi connectivity index (χ4v) is 4.87. The molecular formula is C28H28N4O2S. The van der Waals surface area contributed by atoms with Gasteiger partial charge in [0.1, 0.15) is 16.6 Å². The average molecular weight is 485 g/mol. The van der Waals surface area contributed by atoms with Crippen LogP contribution in [0.5, 0.6) is 0 Å². The highest BCUT2D eigenvalue weighted by Crippen LogP contribution is 2.33. The van der Waals surface area contributed by atoms with Crippen molar-refractivity contribution in [2.24, 2.45) is 0 Å². The summed E-state index contributed by atoms with van der Waals surface area (Å²) in [6.45, 7) is 7.75. The fraction of sp³-hybridized carbons (Fsp3) is 0.214. The van der Waals surface area contributed by atoms with Crippen LogP contribution in [-0.4, -0.2) is 37.0 Å². The van der Waals surface area contributed by atoms with Crippen molar-refractivity contribution < 1.29 is 9.00 Å². The number of benzene rings is 2. The first-order valence-corrected chi connectivity index (χ1v) is 12.4. The minimum absolute atomic E-state index is 0.225. The topological polar surface area (TPSA) is 78.1 Å². The molecule has 178 valence electrons. The van der Waals surface area contributed by atoms with Crippen LogP contribution in [0.4, 0.5) is 5.69 Å². The summed E-state index contributed by atoms with van der Waals surface area (Å²) in [7, 11) is 0.588. The molecule has 1 atom stereocenters. The predicted molar refractivity (Wildman–Crippen MR) is 143 cm³/mol. The van der Waals surface area contributed by atoms with E-state index in [9.17, 15) is 9.00 Å². The fourth-order valence-electron chi connectivity index (χ4n) is 3.63. The van der Waals surface area contributed by atoms with E-state index < -0.39 is 11.0 Å². The molecule has 4 rings (SSSR count). The number of nitrogens with one attached hydrogen (secondary N) is 2. The number of H-pyrrole nitrogens is 1. The van der Waals surface area contributed by atoms with Gasteiger partial charge in [0, 0.05) is 47.2 Å². The third-order valence-electron chi connectivity index (χ3n) is 5.76. The van der Waals surface area contributed by atoms with Gasteiger partial charge in [0.15, 0.2) is 0 Å². The predicted octanol–water partition coefficient (Wildman–Crippen LogP) is 5.61. The average Bonchev–Trinajstić information content (AvgIpc) is 3.26. The molecule has 1 amide bonds. The molecule has 1 unspecified atom stereocenters. The van der Waals surface area contributed by atoms with Crippen LogP contribution in [-0.2, 0) is 15.8 Å². The number of carbonyl (C=O) groups is 1. The van der Waals surface area contributed by atoms with E-state index in [1.807, 2.05) is 86.9 Å². The van der Waals surface area contributed by atoms with Gasteiger partial charge in [-0.1, -0.05) is 30.2 Å². The summed E-state index contributed by atoms with van der Waals surface area (Å²) in [5, 5.41) is 3.75. The molecule has 6 nitrogen and oxygen atoms in total. The van der Waals surface area contributed by atoms with E-state index in [2.05, 4.69) is 33.2 Å². The summed E-state index contributed by atoms with van der Waals surface area (Å²) in [5.41, 5.74) is 5.00. The third kappa shape index (κ3) is 5.35. The lowest BCUT2D eigenvalue weighted by Gasteiger charge is -2.30. The summed E-state index contributed by atoms with van der Waals surface area (Å²) >= 11 is 0. The highest BCUT2D eigenvalue weighted by Gasteiger charge is 2.24. The molecule has 4 aromatic rings. The zero-order chi connectivity index (χ0) is 25.2. The number of pyridine rings is 1. The highest BCUT2D eigenvalue weighted by atomic mass is 32.2. The second kappa shape index (κ2) is 9.87. The molecule has 0 radical (unpaired) electrons. The lowest BCUT2D eigenvalue weighted by atomic mass is 10.0. The van der Waals surface area contributed by atoms with Gasteiger partial charge in [-0.15, -0.1) is 0 Å². The number of fused-ring (bicyclic) bond motifs is 1. The Labute approximate surface area is 208 Å². The molecule has 0 saturated carbocycles. The minimum Gasteiger partial charge on any atom is -0.346 e. The monoisotopic (exact) mass is 484 g/mol. The molecule has 7 heteroatoms. The van der Waals surface area contributed by atoms with Crippen LogP contribution in [0, 0.1) is 11.8 Å². The van der Waals surface area contributed by atoms with E-state index in [-0.39, 0.29) is 11.4 Å². The highest BCUT2D eigenvalue weighted by molar-refractivity contribution is 7.82. The van der Waals surface area contributed by atoms with Gasteiger partial charge in [-0.3, -0.25) is 4.79 Å². The maximum Gasteiger partial charge on any atom is 0.300 e. The minimum atomic E-state index is -1.28. The van der Waals surface area contributed by atoms with Crippen LogP contribution in [0.25, 0.3) is 33.3 Å². The number of amides is 1. The molecule has 2 aromatic carbocycles. The molecule has 0 aliphatic heterocycles. The summed E-state index contributed by atoms with van der Waals surface area (Å²) in [6, 6.07) is 17.5. The van der Waals surface area contributed by atoms with Gasteiger partial charge in [-0.25, -0.2) is 13.5 Å². The molecule has 0 aliphatic rings. The Morgan fingerprint density at radius 2 is 1.80 bits per heavy atom. The molecule has 2 N–H and O–H groups in total. The van der Waals surface area contributed by atoms with Gasteiger partial charge in [0.05, 0.1) is 4.90 Å². The number of carbonyl (C=O) groups excluding carboxylic acids is 1. The molecule has 2 aromatic heterocycles. The second-order valence-corrected chi connectivity index (χ2v) is 10.7. The molecule has 0 spiro atoms. The maximum absolute atomic E-state index is 13.1. The standard InChI is InChI=1S/C28H28N4O2S/c1-6-9-26(33)31-22-12-7-10-19(14-22)21-16-24-25(18-30-27(24)29-17-21)20-11-8-13-23(15-20)35(34)32(5)28(2,3)4/h7-8,10-18H,1-5H3,(H,29,30)(H,31,33). The van der Waals surface area contributed by atoms with Crippen molar-refractivity contribution in [1.29, 1.82) is 0 Å². The van der Waals surface area contributed by atoms with Gasteiger partial charge in [-0.2, -0.15) is 0 Å². The van der Waals surface area contributed by atoms with Gasteiger partial charge in [-0.05, 0) is 75.1 Å². The summed E-state index contributed by atoms with van der Waals surface area (Å²) in [5.74, 6) is 4.74. The van der Waals surface area contributed by atoms with Crippen molar-refractivity contribution in [3.63, 3.8) is 0 Å². The Morgan fingerprint density at radius 3 is 2.54 bits per heavy atom. The van der Waals surface area contributed by atoms with Crippen LogP contribution < -0.4 is 5.32 Å². The number of aromatic amines is 1. The van der Waals surface area contributed by atoms with Crippen molar-refractivity contribution >= 4 is 33.6 Å². The van der Waals surface area contributed by atoms with Crippen molar-refractivity contribution in [2.45, 2.75) is 38.1 Å². The van der Waals surface area contributed by atoms with Crippen molar-refractivity contribution in [3.05, 3.63) is 67.0 Å². The first-order valence-electron chi connectivity index (χ1n) is 11.2. The number of anilines is 1. The van der Waals surface area contributed by atoms with Gasteiger partial charge in [0.25, 0.3) is 5.91 Å². The Morgan fingerprint density at radius 1 is 1.06 bits per heavy atom. The third-order valence-corrected chi connectivity index (χ3v) is 7.47. The first-order chi connectivity index (χ1) is 16.7. The number of rotatable bonds is 5. The number of hydrogen-bond donors (Lipinski definition) is 2. The summed E-state index contributed by atoms with van der Waals surface area (Å²) in [6.07, 6.45) is 3.73. The molecule has 35 heavy (non-hydrogen) atoms. The molecular weight excluding hydrogens is 456 g/mol. The quantitative estimate of drug-likeness (QED) is 0.361. The Balaban J connectivity index is 1.71. The van der Waals surface area contributed by atoms with Crippen molar-refractivity contribution in [3.8, 4) is 34.1 Å². The first kappa shape index (κ1) is 24.4. The maximum atomic E-state index is 13.1. The van der Waals surface area contributed by atoms with E-state index >= 15 is 0 Å². The van der Waals surface area contributed by atoms with Gasteiger partial charge in [0.2, 0.25) is 0 Å². The normalized spacial score (nSPS) is 12.3. The number of nitrogens with zero attached hydrogens (tertiary/aromatic N) is 2. The smallest absolute Gasteiger partial charge is 0.300 e. The molecule has 2 heterocycles. The van der Waals surface area contributed by atoms with Gasteiger partial charge >= 0.3 is 0 Å². The lowest BCUT2D eigenvalue weighted by molar-refractivity contribution is -0.111. The van der Waals surface area contributed by atoms with Crippen molar-refractivity contribution in [1.82, 2.24) is 14.3 Å². The van der Waals surface area contributed by atoms with E-state index in [0.717, 1.165) is 38.2 Å².